The van der Waals surface area contributed by atoms with Crippen molar-refractivity contribution >= 4 is 31.9 Å². The van der Waals surface area contributed by atoms with Gasteiger partial charge in [-0.05, 0) is 6.42 Å². The highest BCUT2D eigenvalue weighted by molar-refractivity contribution is 9.10. The van der Waals surface area contributed by atoms with E-state index in [0.29, 0.717) is 6.42 Å². The second kappa shape index (κ2) is 4.09. The van der Waals surface area contributed by atoms with Crippen molar-refractivity contribution in [3.63, 3.8) is 0 Å². The van der Waals surface area contributed by atoms with Crippen LogP contribution >= 0.6 is 31.9 Å². The van der Waals surface area contributed by atoms with Crippen LogP contribution in [0.5, 0.6) is 0 Å². The first-order valence-electron chi connectivity index (χ1n) is 1.63. The molecule has 1 nitrogen and oxygen atoms in total. The fourth-order valence-electron chi connectivity index (χ4n) is 0.0858. The summed E-state index contributed by atoms with van der Waals surface area (Å²) in [5.74, 6) is 0. The lowest BCUT2D eigenvalue weighted by Gasteiger charge is -1.88. The lowest BCUT2D eigenvalue weighted by atomic mass is 10.5. The fraction of sp³-hybridized carbons (Fsp3) is 1.00. The van der Waals surface area contributed by atoms with E-state index in [4.69, 9.17) is 0 Å². The lowest BCUT2D eigenvalue weighted by Crippen LogP contribution is -1.90. The minimum absolute atomic E-state index is 0.586. The minimum Gasteiger partial charge on any atom is -0.221 e. The average Bonchev–Trinajstić information content (AvgIpc) is 1.35. The van der Waals surface area contributed by atoms with Gasteiger partial charge < -0.3 is 0 Å². The highest BCUT2D eigenvalue weighted by Gasteiger charge is 1.93. The molecule has 0 heterocycles. The van der Waals surface area contributed by atoms with Gasteiger partial charge >= 0.3 is 0 Å². The molecule has 0 aliphatic rings. The number of halogens is 2. The maximum Gasteiger partial charge on any atom is 0.148 e. The molecule has 1 radical (unpaired) electrons. The highest BCUT2D eigenvalue weighted by Crippen LogP contribution is 2.01. The van der Waals surface area contributed by atoms with E-state index < -0.39 is 5.01 Å². The molecule has 0 spiro atoms. The van der Waals surface area contributed by atoms with Crippen LogP contribution in [0.1, 0.15) is 6.42 Å². The van der Waals surface area contributed by atoms with Gasteiger partial charge in [0.25, 0.3) is 0 Å². The Labute approximate surface area is 54.0 Å². The van der Waals surface area contributed by atoms with E-state index >= 15 is 0 Å². The van der Waals surface area contributed by atoms with E-state index in [1.54, 1.807) is 0 Å². The summed E-state index contributed by atoms with van der Waals surface area (Å²) in [4.78, 5) is 0. The molecule has 0 aliphatic carbocycles. The summed E-state index contributed by atoms with van der Waals surface area (Å²) in [6.07, 6.45) is 0.653. The Morgan fingerprint density at radius 2 is 2.17 bits per heavy atom. The molecule has 0 rings (SSSR count). The van der Waals surface area contributed by atoms with Crippen molar-refractivity contribution in [3.8, 4) is 0 Å². The fourth-order valence-corrected chi connectivity index (χ4v) is 1.34. The molecule has 0 fully saturated rings. The SMILES string of the molecule is [O]C(Br)CCBr. The first-order chi connectivity index (χ1) is 2.77. The summed E-state index contributed by atoms with van der Waals surface area (Å²) >= 11 is 5.97. The summed E-state index contributed by atoms with van der Waals surface area (Å²) in [5, 5.41) is 10.2. The Morgan fingerprint density at radius 3 is 2.17 bits per heavy atom. The van der Waals surface area contributed by atoms with Gasteiger partial charge in [-0.2, -0.15) is 0 Å². The first-order valence-corrected chi connectivity index (χ1v) is 3.67. The second-order valence-electron chi connectivity index (χ2n) is 0.888. The molecule has 1 atom stereocenters. The molecule has 37 valence electrons. The predicted octanol–water partition coefficient (Wildman–Crippen LogP) is 1.92. The molecule has 0 aliphatic heterocycles. The summed E-state index contributed by atoms with van der Waals surface area (Å²) in [7, 11) is 0. The maximum atomic E-state index is 10.0. The third-order valence-electron chi connectivity index (χ3n) is 0.336. The Morgan fingerprint density at radius 1 is 1.67 bits per heavy atom. The van der Waals surface area contributed by atoms with Crippen LogP contribution in [0.15, 0.2) is 0 Å². The largest absolute Gasteiger partial charge is 0.221 e. The summed E-state index contributed by atoms with van der Waals surface area (Å²) in [6.45, 7) is 0. The molecule has 0 N–H and O–H groups in total. The van der Waals surface area contributed by atoms with Crippen LogP contribution in [-0.4, -0.2) is 10.3 Å². The first kappa shape index (κ1) is 6.92. The van der Waals surface area contributed by atoms with E-state index in [-0.39, 0.29) is 0 Å². The van der Waals surface area contributed by atoms with Gasteiger partial charge in [0.2, 0.25) is 0 Å². The zero-order valence-electron chi connectivity index (χ0n) is 3.16. The molecule has 3 heteroatoms. The second-order valence-corrected chi connectivity index (χ2v) is 2.70. The Bertz CT molecular complexity index is 30.0. The van der Waals surface area contributed by atoms with Crippen LogP contribution in [0.3, 0.4) is 0 Å². The number of hydrogen-bond donors (Lipinski definition) is 0. The van der Waals surface area contributed by atoms with Crippen molar-refractivity contribution in [2.24, 2.45) is 0 Å². The van der Waals surface area contributed by atoms with Crippen LogP contribution in [0, 0.1) is 0 Å². The van der Waals surface area contributed by atoms with Crippen LogP contribution in [0.4, 0.5) is 0 Å². The zero-order valence-corrected chi connectivity index (χ0v) is 6.33. The van der Waals surface area contributed by atoms with E-state index in [1.807, 2.05) is 0 Å². The van der Waals surface area contributed by atoms with Gasteiger partial charge in [-0.15, -0.1) is 0 Å². The van der Waals surface area contributed by atoms with E-state index in [2.05, 4.69) is 31.9 Å². The highest BCUT2D eigenvalue weighted by atomic mass is 79.9. The van der Waals surface area contributed by atoms with Crippen LogP contribution in [-0.2, 0) is 5.11 Å². The summed E-state index contributed by atoms with van der Waals surface area (Å²) < 4.78 is 0. The van der Waals surface area contributed by atoms with Gasteiger partial charge in [-0.3, -0.25) is 0 Å². The Kier molecular flexibility index (Phi) is 4.72. The van der Waals surface area contributed by atoms with Crippen molar-refractivity contribution in [2.45, 2.75) is 11.4 Å². The molecule has 0 aromatic heterocycles. The number of rotatable bonds is 2. The van der Waals surface area contributed by atoms with Crippen LogP contribution in [0.25, 0.3) is 0 Å². The van der Waals surface area contributed by atoms with Crippen LogP contribution < -0.4 is 0 Å². The molecular weight excluding hydrogens is 212 g/mol. The van der Waals surface area contributed by atoms with E-state index in [0.717, 1.165) is 5.33 Å². The monoisotopic (exact) mass is 215 g/mol. The predicted molar refractivity (Wildman–Crippen MR) is 31.8 cm³/mol. The average molecular weight is 217 g/mol. The minimum atomic E-state index is -0.586. The van der Waals surface area contributed by atoms with Crippen molar-refractivity contribution in [1.29, 1.82) is 0 Å². The molecule has 0 bridgehead atoms. The third kappa shape index (κ3) is 4.92. The van der Waals surface area contributed by atoms with Crippen molar-refractivity contribution in [3.05, 3.63) is 0 Å². The Hall–Kier alpha value is 0.920. The van der Waals surface area contributed by atoms with E-state index in [1.165, 1.54) is 0 Å². The standard InChI is InChI=1S/C3H5Br2O/c4-2-1-3(5)6/h3H,1-2H2. The van der Waals surface area contributed by atoms with Gasteiger partial charge in [0.05, 0.1) is 0 Å². The topological polar surface area (TPSA) is 19.9 Å². The summed E-state index contributed by atoms with van der Waals surface area (Å²) in [6, 6.07) is 0. The molecule has 0 aromatic carbocycles. The smallest absolute Gasteiger partial charge is 0.148 e. The van der Waals surface area contributed by atoms with Crippen molar-refractivity contribution in [2.75, 3.05) is 5.33 Å². The van der Waals surface area contributed by atoms with Gasteiger partial charge in [0.1, 0.15) is 5.01 Å². The van der Waals surface area contributed by atoms with Gasteiger partial charge in [-0.1, -0.05) is 31.9 Å². The molecule has 0 aromatic rings. The number of hydrogen-bond acceptors (Lipinski definition) is 0. The van der Waals surface area contributed by atoms with Crippen LogP contribution in [0.2, 0.25) is 0 Å². The van der Waals surface area contributed by atoms with Crippen molar-refractivity contribution < 1.29 is 5.11 Å². The molecule has 0 saturated heterocycles. The van der Waals surface area contributed by atoms with Gasteiger partial charge in [0, 0.05) is 5.33 Å². The quantitative estimate of drug-likeness (QED) is 0.629. The normalized spacial score (nSPS) is 14.5. The third-order valence-corrected chi connectivity index (χ3v) is 1.25. The van der Waals surface area contributed by atoms with E-state index in [9.17, 15) is 5.11 Å². The van der Waals surface area contributed by atoms with Gasteiger partial charge in [-0.25, -0.2) is 5.11 Å². The van der Waals surface area contributed by atoms with Gasteiger partial charge in [0.15, 0.2) is 0 Å². The Balaban J connectivity index is 2.63. The molecule has 1 unspecified atom stereocenters. The van der Waals surface area contributed by atoms with Crippen molar-refractivity contribution in [1.82, 2.24) is 0 Å². The summed E-state index contributed by atoms with van der Waals surface area (Å²) in [5.41, 5.74) is 0. The zero-order chi connectivity index (χ0) is 4.99. The number of alkyl halides is 2. The molecule has 0 saturated carbocycles. The molecule has 6 heavy (non-hydrogen) atoms. The lowest BCUT2D eigenvalue weighted by molar-refractivity contribution is 0.169. The molecular formula is C3H5Br2O. The molecule has 0 amide bonds. The maximum absolute atomic E-state index is 10.0.